The van der Waals surface area contributed by atoms with Crippen molar-refractivity contribution in [1.82, 2.24) is 15.0 Å². The van der Waals surface area contributed by atoms with Crippen LogP contribution in [0.2, 0.25) is 0 Å². The maximum atomic E-state index is 9.51. The SMILES string of the molecule is N#Cc1ccc2cc(-c3ccc4c(c3)C3(c5ccccc5Oc5ccccc53)c3cc(-c5ccc(-c6nc(-c7ccccc7)nc(-c7ccccc7)n6)cc5)ccc3-4)ccc2c1. The number of nitrogens with zero attached hydrogens (tertiary/aromatic N) is 4. The monoisotopic (exact) mass is 790 g/mol. The molecule has 0 saturated carbocycles. The molecule has 0 bridgehead atoms. The van der Waals surface area contributed by atoms with Crippen molar-refractivity contribution < 1.29 is 4.74 Å². The Hall–Kier alpha value is -8.46. The van der Waals surface area contributed by atoms with E-state index >= 15 is 0 Å². The summed E-state index contributed by atoms with van der Waals surface area (Å²) in [7, 11) is 0. The predicted octanol–water partition coefficient (Wildman–Crippen LogP) is 13.7. The van der Waals surface area contributed by atoms with Gasteiger partial charge in [-0.25, -0.2) is 15.0 Å². The zero-order chi connectivity index (χ0) is 41.2. The summed E-state index contributed by atoms with van der Waals surface area (Å²) in [6.45, 7) is 0. The Morgan fingerprint density at radius 3 is 1.34 bits per heavy atom. The maximum absolute atomic E-state index is 9.51. The first-order valence-corrected chi connectivity index (χ1v) is 20.7. The average Bonchev–Trinajstić information content (AvgIpc) is 3.63. The summed E-state index contributed by atoms with van der Waals surface area (Å²) in [6.07, 6.45) is 0. The van der Waals surface area contributed by atoms with Gasteiger partial charge in [0.25, 0.3) is 0 Å². The van der Waals surface area contributed by atoms with Gasteiger partial charge in [0.2, 0.25) is 0 Å². The molecular weight excluding hydrogens is 757 g/mol. The van der Waals surface area contributed by atoms with Gasteiger partial charge in [0.15, 0.2) is 17.5 Å². The second-order valence-corrected chi connectivity index (χ2v) is 15.9. The van der Waals surface area contributed by atoms with Crippen LogP contribution in [0, 0.1) is 11.3 Å². The molecule has 0 N–H and O–H groups in total. The van der Waals surface area contributed by atoms with Crippen molar-refractivity contribution >= 4 is 10.8 Å². The Labute approximate surface area is 358 Å². The number of rotatable bonds is 5. The van der Waals surface area contributed by atoms with Crippen LogP contribution < -0.4 is 4.74 Å². The van der Waals surface area contributed by atoms with E-state index in [0.717, 1.165) is 72.3 Å². The summed E-state index contributed by atoms with van der Waals surface area (Å²) in [5, 5.41) is 11.7. The number of hydrogen-bond acceptors (Lipinski definition) is 5. The van der Waals surface area contributed by atoms with Crippen LogP contribution in [0.25, 0.3) is 78.3 Å². The number of ether oxygens (including phenoxy) is 1. The molecule has 0 unspecified atom stereocenters. The molecule has 0 saturated heterocycles. The maximum Gasteiger partial charge on any atom is 0.164 e. The first-order valence-electron chi connectivity index (χ1n) is 20.7. The summed E-state index contributed by atoms with van der Waals surface area (Å²) in [5.74, 6) is 3.60. The molecule has 2 aliphatic rings. The van der Waals surface area contributed by atoms with E-state index in [1.807, 2.05) is 78.9 Å². The molecule has 62 heavy (non-hydrogen) atoms. The number of para-hydroxylation sites is 2. The van der Waals surface area contributed by atoms with Crippen molar-refractivity contribution in [1.29, 1.82) is 5.26 Å². The Morgan fingerprint density at radius 2 is 0.774 bits per heavy atom. The lowest BCUT2D eigenvalue weighted by Crippen LogP contribution is -2.32. The zero-order valence-corrected chi connectivity index (χ0v) is 33.3. The predicted molar refractivity (Wildman–Crippen MR) is 247 cm³/mol. The quantitative estimate of drug-likeness (QED) is 0.174. The fourth-order valence-corrected chi connectivity index (χ4v) is 9.50. The molecular formula is C57H34N4O. The van der Waals surface area contributed by atoms with Gasteiger partial charge in [0, 0.05) is 27.8 Å². The van der Waals surface area contributed by atoms with Crippen LogP contribution >= 0.6 is 0 Å². The first-order chi connectivity index (χ1) is 30.6. The average molecular weight is 791 g/mol. The molecule has 0 fully saturated rings. The first kappa shape index (κ1) is 35.5. The zero-order valence-electron chi connectivity index (χ0n) is 33.3. The molecule has 5 nitrogen and oxygen atoms in total. The number of hydrogen-bond donors (Lipinski definition) is 0. The van der Waals surface area contributed by atoms with Crippen LogP contribution in [-0.2, 0) is 5.41 Å². The van der Waals surface area contributed by atoms with Gasteiger partial charge in [-0.05, 0) is 97.7 Å². The highest BCUT2D eigenvalue weighted by Gasteiger charge is 2.51. The van der Waals surface area contributed by atoms with Gasteiger partial charge in [-0.2, -0.15) is 5.26 Å². The Balaban J connectivity index is 1.00. The molecule has 1 aromatic heterocycles. The van der Waals surface area contributed by atoms with Crippen molar-refractivity contribution in [2.75, 3.05) is 0 Å². The number of benzene rings is 9. The van der Waals surface area contributed by atoms with E-state index in [1.165, 1.54) is 22.3 Å². The Bertz CT molecular complexity index is 3340. The van der Waals surface area contributed by atoms with Gasteiger partial charge >= 0.3 is 0 Å². The third kappa shape index (κ3) is 5.58. The third-order valence-electron chi connectivity index (χ3n) is 12.4. The molecule has 10 aromatic rings. The lowest BCUT2D eigenvalue weighted by molar-refractivity contribution is 0.436. The summed E-state index contributed by atoms with van der Waals surface area (Å²) >= 11 is 0. The number of fused-ring (bicyclic) bond motifs is 10. The van der Waals surface area contributed by atoms with E-state index in [4.69, 9.17) is 19.7 Å². The second-order valence-electron chi connectivity index (χ2n) is 15.9. The summed E-state index contributed by atoms with van der Waals surface area (Å²) < 4.78 is 6.68. The van der Waals surface area contributed by atoms with Crippen LogP contribution in [0.5, 0.6) is 11.5 Å². The van der Waals surface area contributed by atoms with Crippen LogP contribution in [-0.4, -0.2) is 15.0 Å². The second kappa shape index (κ2) is 14.1. The topological polar surface area (TPSA) is 71.7 Å². The van der Waals surface area contributed by atoms with Crippen molar-refractivity contribution in [3.63, 3.8) is 0 Å². The smallest absolute Gasteiger partial charge is 0.164 e. The Kier molecular flexibility index (Phi) is 8.06. The highest BCUT2D eigenvalue weighted by Crippen LogP contribution is 2.62. The van der Waals surface area contributed by atoms with Crippen molar-refractivity contribution in [2.45, 2.75) is 5.41 Å². The highest BCUT2D eigenvalue weighted by atomic mass is 16.5. The molecule has 5 heteroatoms. The van der Waals surface area contributed by atoms with E-state index in [1.54, 1.807) is 0 Å². The molecule has 9 aromatic carbocycles. The lowest BCUT2D eigenvalue weighted by Gasteiger charge is -2.39. The van der Waals surface area contributed by atoms with Gasteiger partial charge in [0.1, 0.15) is 11.5 Å². The fraction of sp³-hybridized carbons (Fsp3) is 0.0175. The van der Waals surface area contributed by atoms with Crippen LogP contribution in [0.4, 0.5) is 0 Å². The third-order valence-corrected chi connectivity index (χ3v) is 12.4. The molecule has 0 amide bonds. The van der Waals surface area contributed by atoms with Gasteiger partial charge in [-0.15, -0.1) is 0 Å². The van der Waals surface area contributed by atoms with E-state index in [2.05, 4.69) is 133 Å². The summed E-state index contributed by atoms with van der Waals surface area (Å²) in [5.41, 5.74) is 14.3. The van der Waals surface area contributed by atoms with Gasteiger partial charge in [-0.1, -0.05) is 164 Å². The van der Waals surface area contributed by atoms with Crippen LogP contribution in [0.3, 0.4) is 0 Å². The molecule has 288 valence electrons. The van der Waals surface area contributed by atoms with Crippen molar-refractivity contribution in [3.8, 4) is 85.1 Å². The molecule has 1 spiro atoms. The minimum absolute atomic E-state index is 0.622. The van der Waals surface area contributed by atoms with Gasteiger partial charge < -0.3 is 4.74 Å². The standard InChI is InChI=1S/C57H34N4O/c58-35-36-19-20-42-32-43(26-25-41(42)31-36)45-28-30-47-46-29-27-44(33-50(46)57(51(47)34-45)48-15-7-9-17-52(48)62-53-18-10-8-16-49(53)57)37-21-23-40(24-22-37)56-60-54(38-11-3-1-4-12-38)59-55(61-56)39-13-5-2-6-14-39/h1-34H. The van der Waals surface area contributed by atoms with E-state index in [-0.39, 0.29) is 0 Å². The fourth-order valence-electron chi connectivity index (χ4n) is 9.50. The normalized spacial score (nSPS) is 12.8. The van der Waals surface area contributed by atoms with E-state index < -0.39 is 5.41 Å². The number of nitriles is 1. The van der Waals surface area contributed by atoms with E-state index in [0.29, 0.717) is 23.0 Å². The molecule has 1 aliphatic heterocycles. The largest absolute Gasteiger partial charge is 0.457 e. The lowest BCUT2D eigenvalue weighted by atomic mass is 9.65. The van der Waals surface area contributed by atoms with Crippen LogP contribution in [0.1, 0.15) is 27.8 Å². The van der Waals surface area contributed by atoms with Gasteiger partial charge in [0.05, 0.1) is 17.0 Å². The van der Waals surface area contributed by atoms with E-state index in [9.17, 15) is 5.26 Å². The minimum Gasteiger partial charge on any atom is -0.457 e. The molecule has 0 radical (unpaired) electrons. The van der Waals surface area contributed by atoms with Gasteiger partial charge in [-0.3, -0.25) is 0 Å². The Morgan fingerprint density at radius 1 is 0.355 bits per heavy atom. The number of aromatic nitrogens is 3. The minimum atomic E-state index is -0.646. The molecule has 0 atom stereocenters. The highest BCUT2D eigenvalue weighted by molar-refractivity contribution is 5.93. The van der Waals surface area contributed by atoms with Crippen molar-refractivity contribution in [3.05, 3.63) is 234 Å². The molecule has 12 rings (SSSR count). The molecule has 1 aliphatic carbocycles. The summed E-state index contributed by atoms with van der Waals surface area (Å²) in [6, 6.07) is 74.1. The van der Waals surface area contributed by atoms with Crippen LogP contribution in [0.15, 0.2) is 206 Å². The van der Waals surface area contributed by atoms with Crippen molar-refractivity contribution in [2.24, 2.45) is 0 Å². The molecule has 2 heterocycles. The summed E-state index contributed by atoms with van der Waals surface area (Å²) in [4.78, 5) is 14.8.